The Labute approximate surface area is 173 Å². The van der Waals surface area contributed by atoms with E-state index in [-0.39, 0.29) is 22.8 Å². The van der Waals surface area contributed by atoms with Crippen LogP contribution in [0.5, 0.6) is 11.6 Å². The molecule has 30 heavy (non-hydrogen) atoms. The van der Waals surface area contributed by atoms with E-state index in [2.05, 4.69) is 20.8 Å². The SMILES string of the molecule is CC1=C/C(N)NC(Cl)N/N=C\1Oc1cc(C(F)(F)F)ccc1-c1cc(F)cnc1O. The topological polar surface area (TPSA) is 105 Å². The summed E-state index contributed by atoms with van der Waals surface area (Å²) in [6.07, 6.45) is -3.08. The number of halogens is 5. The van der Waals surface area contributed by atoms with E-state index in [0.29, 0.717) is 11.6 Å². The molecule has 0 radical (unpaired) electrons. The standard InChI is InChI=1S/C18H16ClF4N5O2/c1-8-4-14(24)26-17(19)28-27-16(8)30-13-5-9(18(21,22)23)2-3-11(13)12-6-10(20)7-25-15(12)29/h2-7,14,17,26,28H,24H2,1H3,(H,25,29)/b8-4-,27-16+. The average Bonchev–Trinajstić information content (AvgIpc) is 2.65. The lowest BCUT2D eigenvalue weighted by molar-refractivity contribution is -0.137. The van der Waals surface area contributed by atoms with E-state index in [0.717, 1.165) is 24.4 Å². The largest absolute Gasteiger partial charge is 0.493 e. The van der Waals surface area contributed by atoms with Gasteiger partial charge in [0.25, 0.3) is 0 Å². The number of aromatic hydroxyl groups is 1. The highest BCUT2D eigenvalue weighted by molar-refractivity contribution is 6.20. The molecule has 0 bridgehead atoms. The number of hydrogen-bond acceptors (Lipinski definition) is 7. The van der Waals surface area contributed by atoms with E-state index in [4.69, 9.17) is 22.1 Å². The number of alkyl halides is 4. The number of nitrogens with one attached hydrogen (secondary N) is 2. The predicted molar refractivity (Wildman–Crippen MR) is 102 cm³/mol. The van der Waals surface area contributed by atoms with Gasteiger partial charge in [-0.05, 0) is 37.3 Å². The molecule has 2 aromatic rings. The first-order valence-electron chi connectivity index (χ1n) is 8.46. The molecule has 160 valence electrons. The fourth-order valence-corrected chi connectivity index (χ4v) is 2.84. The monoisotopic (exact) mass is 445 g/mol. The molecule has 1 aliphatic rings. The van der Waals surface area contributed by atoms with Gasteiger partial charge in [0.1, 0.15) is 11.6 Å². The normalized spacial score (nSPS) is 23.3. The van der Waals surface area contributed by atoms with Crippen LogP contribution in [0.3, 0.4) is 0 Å². The molecule has 0 aliphatic carbocycles. The zero-order valence-corrected chi connectivity index (χ0v) is 16.1. The van der Waals surface area contributed by atoms with E-state index >= 15 is 0 Å². The third-order valence-corrected chi connectivity index (χ3v) is 4.25. The molecule has 0 saturated carbocycles. The Morgan fingerprint density at radius 3 is 2.67 bits per heavy atom. The van der Waals surface area contributed by atoms with Gasteiger partial charge < -0.3 is 15.6 Å². The summed E-state index contributed by atoms with van der Waals surface area (Å²) >= 11 is 5.93. The van der Waals surface area contributed by atoms with Crippen molar-refractivity contribution in [2.75, 3.05) is 0 Å². The minimum absolute atomic E-state index is 0.0325. The number of aromatic nitrogens is 1. The number of nitrogens with two attached hydrogens (primary N) is 1. The Kier molecular flexibility index (Phi) is 6.15. The van der Waals surface area contributed by atoms with Gasteiger partial charge in [0, 0.05) is 11.1 Å². The van der Waals surface area contributed by atoms with E-state index in [1.807, 2.05) is 0 Å². The van der Waals surface area contributed by atoms with E-state index in [1.165, 1.54) is 6.08 Å². The zero-order valence-electron chi connectivity index (χ0n) is 15.3. The molecule has 0 amide bonds. The number of benzene rings is 1. The van der Waals surface area contributed by atoms with Gasteiger partial charge in [-0.25, -0.2) is 9.37 Å². The van der Waals surface area contributed by atoms with Crippen molar-refractivity contribution in [3.05, 3.63) is 53.5 Å². The lowest BCUT2D eigenvalue weighted by Crippen LogP contribution is -2.47. The minimum Gasteiger partial charge on any atom is -0.493 e. The van der Waals surface area contributed by atoms with Crippen LogP contribution >= 0.6 is 11.6 Å². The Hall–Kier alpha value is -2.89. The van der Waals surface area contributed by atoms with Crippen LogP contribution in [0, 0.1) is 5.82 Å². The molecule has 0 fully saturated rings. The van der Waals surface area contributed by atoms with Crippen molar-refractivity contribution in [3.8, 4) is 22.8 Å². The smallest absolute Gasteiger partial charge is 0.416 e. The first kappa shape index (κ1) is 21.8. The number of pyridine rings is 1. The van der Waals surface area contributed by atoms with E-state index in [9.17, 15) is 22.7 Å². The molecule has 2 unspecified atom stereocenters. The number of hydrogen-bond donors (Lipinski definition) is 4. The third-order valence-electron chi connectivity index (χ3n) is 4.02. The Morgan fingerprint density at radius 2 is 1.97 bits per heavy atom. The molecule has 0 spiro atoms. The molecule has 1 aliphatic heterocycles. The molecule has 1 aromatic carbocycles. The van der Waals surface area contributed by atoms with E-state index < -0.39 is 35.2 Å². The van der Waals surface area contributed by atoms with Crippen LogP contribution in [-0.4, -0.2) is 27.8 Å². The maximum absolute atomic E-state index is 13.7. The number of ether oxygens (including phenoxy) is 1. The zero-order chi connectivity index (χ0) is 22.1. The molecule has 7 nitrogen and oxygen atoms in total. The van der Waals surface area contributed by atoms with Gasteiger partial charge >= 0.3 is 6.18 Å². The molecule has 0 saturated heterocycles. The van der Waals surface area contributed by atoms with Gasteiger partial charge in [0.05, 0.1) is 23.5 Å². The number of rotatable bonds is 2. The van der Waals surface area contributed by atoms with Crippen LogP contribution in [-0.2, 0) is 6.18 Å². The molecule has 2 atom stereocenters. The van der Waals surface area contributed by atoms with Crippen molar-refractivity contribution in [2.45, 2.75) is 24.9 Å². The molecule has 3 rings (SSSR count). The number of hydrazone groups is 1. The summed E-state index contributed by atoms with van der Waals surface area (Å²) in [6.45, 7) is 1.57. The summed E-state index contributed by atoms with van der Waals surface area (Å²) in [5.74, 6) is -1.84. The van der Waals surface area contributed by atoms with Gasteiger partial charge in [-0.15, -0.1) is 5.10 Å². The Balaban J connectivity index is 2.12. The molecule has 12 heteroatoms. The summed E-state index contributed by atoms with van der Waals surface area (Å²) < 4.78 is 59.0. The third kappa shape index (κ3) is 4.99. The number of nitrogens with zero attached hydrogens (tertiary/aromatic N) is 2. The second-order valence-electron chi connectivity index (χ2n) is 6.29. The van der Waals surface area contributed by atoms with Crippen LogP contribution in [0.2, 0.25) is 0 Å². The summed E-state index contributed by atoms with van der Waals surface area (Å²) in [6, 6.07) is 3.46. The van der Waals surface area contributed by atoms with Gasteiger partial charge in [-0.2, -0.15) is 13.2 Å². The highest BCUT2D eigenvalue weighted by atomic mass is 35.5. The molecule has 1 aromatic heterocycles. The van der Waals surface area contributed by atoms with Crippen LogP contribution in [0.25, 0.3) is 11.1 Å². The minimum atomic E-state index is -4.67. The fourth-order valence-electron chi connectivity index (χ4n) is 2.64. The summed E-state index contributed by atoms with van der Waals surface area (Å²) in [4.78, 5) is 3.48. The lowest BCUT2D eigenvalue weighted by atomic mass is 10.0. The highest BCUT2D eigenvalue weighted by Crippen LogP contribution is 2.40. The summed E-state index contributed by atoms with van der Waals surface area (Å²) in [7, 11) is 0. The lowest BCUT2D eigenvalue weighted by Gasteiger charge is -2.21. The fraction of sp³-hybridized carbons (Fsp3) is 0.222. The van der Waals surface area contributed by atoms with Gasteiger partial charge in [0.2, 0.25) is 11.8 Å². The highest BCUT2D eigenvalue weighted by Gasteiger charge is 2.32. The Bertz CT molecular complexity index is 1010. The summed E-state index contributed by atoms with van der Waals surface area (Å²) in [5.41, 5.74) is 6.62. The molecule has 5 N–H and O–H groups in total. The molecule has 2 heterocycles. The van der Waals surface area contributed by atoms with Crippen molar-refractivity contribution in [1.29, 1.82) is 0 Å². The van der Waals surface area contributed by atoms with Crippen molar-refractivity contribution in [2.24, 2.45) is 10.8 Å². The maximum atomic E-state index is 13.7. The first-order valence-corrected chi connectivity index (χ1v) is 8.90. The van der Waals surface area contributed by atoms with Gasteiger partial charge in [0.15, 0.2) is 5.62 Å². The molecular formula is C18H16ClF4N5O2. The molecular weight excluding hydrogens is 430 g/mol. The van der Waals surface area contributed by atoms with Crippen molar-refractivity contribution in [1.82, 2.24) is 15.7 Å². The Morgan fingerprint density at radius 1 is 1.23 bits per heavy atom. The van der Waals surface area contributed by atoms with Crippen LogP contribution in [0.4, 0.5) is 17.6 Å². The second kappa shape index (κ2) is 8.46. The summed E-state index contributed by atoms with van der Waals surface area (Å²) in [5, 5.41) is 16.7. The van der Waals surface area contributed by atoms with Gasteiger partial charge in [-0.3, -0.25) is 10.7 Å². The van der Waals surface area contributed by atoms with Crippen molar-refractivity contribution < 1.29 is 27.4 Å². The quantitative estimate of drug-likeness (QED) is 0.321. The van der Waals surface area contributed by atoms with Crippen molar-refractivity contribution >= 4 is 17.5 Å². The van der Waals surface area contributed by atoms with E-state index in [1.54, 1.807) is 6.92 Å². The second-order valence-corrected chi connectivity index (χ2v) is 6.72. The van der Waals surface area contributed by atoms with Crippen LogP contribution in [0.15, 0.2) is 47.2 Å². The first-order chi connectivity index (χ1) is 14.0. The predicted octanol–water partition coefficient (Wildman–Crippen LogP) is 3.25. The average molecular weight is 446 g/mol. The maximum Gasteiger partial charge on any atom is 0.416 e. The van der Waals surface area contributed by atoms with Crippen molar-refractivity contribution in [3.63, 3.8) is 0 Å². The van der Waals surface area contributed by atoms with Gasteiger partial charge in [-0.1, -0.05) is 11.6 Å². The van der Waals surface area contributed by atoms with Crippen LogP contribution < -0.4 is 21.2 Å². The van der Waals surface area contributed by atoms with Crippen LogP contribution in [0.1, 0.15) is 12.5 Å².